The van der Waals surface area contributed by atoms with Crippen LogP contribution >= 0.6 is 23.2 Å². The van der Waals surface area contributed by atoms with E-state index in [1.807, 2.05) is 6.92 Å². The van der Waals surface area contributed by atoms with Crippen LogP contribution in [0, 0.1) is 0 Å². The number of hydrogen-bond donors (Lipinski definition) is 2. The van der Waals surface area contributed by atoms with E-state index in [9.17, 15) is 4.79 Å². The summed E-state index contributed by atoms with van der Waals surface area (Å²) in [6, 6.07) is 4.87. The van der Waals surface area contributed by atoms with Crippen molar-refractivity contribution in [1.82, 2.24) is 15.1 Å². The number of rotatable bonds is 3. The number of carbonyl (C=O) groups is 1. The maximum atomic E-state index is 12.1. The number of carbonyl (C=O) groups excluding carboxylic acids is 1. The first-order chi connectivity index (χ1) is 9.40. The fraction of sp³-hybridized carbons (Fsp3) is 0.231. The van der Waals surface area contributed by atoms with Crippen LogP contribution in [0.25, 0.3) is 0 Å². The summed E-state index contributed by atoms with van der Waals surface area (Å²) in [6.45, 7) is 1.83. The zero-order valence-electron chi connectivity index (χ0n) is 11.0. The number of hydrogen-bond acceptors (Lipinski definition) is 3. The van der Waals surface area contributed by atoms with Gasteiger partial charge in [0.25, 0.3) is 5.91 Å². The second-order valence-corrected chi connectivity index (χ2v) is 5.27. The molecule has 1 heterocycles. The molecule has 1 aromatic carbocycles. The maximum Gasteiger partial charge on any atom is 0.257 e. The molecule has 0 aliphatic carbocycles. The predicted octanol–water partition coefficient (Wildman–Crippen LogP) is 2.80. The summed E-state index contributed by atoms with van der Waals surface area (Å²) in [6.07, 6.45) is 1.43. The number of halogens is 2. The first kappa shape index (κ1) is 14.7. The van der Waals surface area contributed by atoms with Gasteiger partial charge in [0.1, 0.15) is 11.4 Å². The Bertz CT molecular complexity index is 654. The standard InChI is InChI=1S/C13H14Cl2N4O/c1-7(9-4-3-8(14)5-11(9)15)18-13(20)10-6-17-19(2)12(10)16/h3-7H,16H2,1-2H3,(H,18,20). The van der Waals surface area contributed by atoms with Gasteiger partial charge in [-0.3, -0.25) is 9.48 Å². The van der Waals surface area contributed by atoms with E-state index >= 15 is 0 Å². The predicted molar refractivity (Wildman–Crippen MR) is 80.0 cm³/mol. The third kappa shape index (κ3) is 2.89. The van der Waals surface area contributed by atoms with Crippen molar-refractivity contribution in [2.24, 2.45) is 7.05 Å². The van der Waals surface area contributed by atoms with Crippen LogP contribution in [0.5, 0.6) is 0 Å². The Balaban J connectivity index is 2.17. The van der Waals surface area contributed by atoms with Crippen LogP contribution in [0.4, 0.5) is 5.82 Å². The molecule has 2 aromatic rings. The average molecular weight is 313 g/mol. The van der Waals surface area contributed by atoms with Crippen molar-refractivity contribution in [3.8, 4) is 0 Å². The molecule has 1 amide bonds. The SMILES string of the molecule is CC(NC(=O)c1cnn(C)c1N)c1ccc(Cl)cc1Cl. The lowest BCUT2D eigenvalue weighted by Gasteiger charge is -2.15. The number of anilines is 1. The molecule has 3 N–H and O–H groups in total. The van der Waals surface area contributed by atoms with Crippen molar-refractivity contribution in [1.29, 1.82) is 0 Å². The van der Waals surface area contributed by atoms with Gasteiger partial charge in [-0.2, -0.15) is 5.10 Å². The molecule has 20 heavy (non-hydrogen) atoms. The van der Waals surface area contributed by atoms with E-state index in [1.165, 1.54) is 10.9 Å². The Kier molecular flexibility index (Phi) is 4.20. The highest BCUT2D eigenvalue weighted by Gasteiger charge is 2.18. The molecule has 106 valence electrons. The molecule has 1 atom stereocenters. The van der Waals surface area contributed by atoms with Crippen LogP contribution < -0.4 is 11.1 Å². The van der Waals surface area contributed by atoms with E-state index in [0.29, 0.717) is 21.4 Å². The summed E-state index contributed by atoms with van der Waals surface area (Å²) >= 11 is 12.0. The van der Waals surface area contributed by atoms with Gasteiger partial charge in [-0.25, -0.2) is 0 Å². The van der Waals surface area contributed by atoms with Crippen molar-refractivity contribution in [3.05, 3.63) is 45.6 Å². The number of aromatic nitrogens is 2. The molecular formula is C13H14Cl2N4O. The van der Waals surface area contributed by atoms with E-state index in [4.69, 9.17) is 28.9 Å². The Morgan fingerprint density at radius 1 is 1.45 bits per heavy atom. The van der Waals surface area contributed by atoms with E-state index in [1.54, 1.807) is 25.2 Å². The van der Waals surface area contributed by atoms with Gasteiger partial charge in [0.05, 0.1) is 12.2 Å². The number of nitrogens with one attached hydrogen (secondary N) is 1. The third-order valence-electron chi connectivity index (χ3n) is 3.01. The van der Waals surface area contributed by atoms with Crippen LogP contribution in [-0.4, -0.2) is 15.7 Å². The van der Waals surface area contributed by atoms with Crippen molar-refractivity contribution >= 4 is 34.9 Å². The van der Waals surface area contributed by atoms with Gasteiger partial charge >= 0.3 is 0 Å². The maximum absolute atomic E-state index is 12.1. The van der Waals surface area contributed by atoms with Crippen LogP contribution in [-0.2, 0) is 7.05 Å². The molecule has 0 spiro atoms. The van der Waals surface area contributed by atoms with E-state index in [2.05, 4.69) is 10.4 Å². The monoisotopic (exact) mass is 312 g/mol. The van der Waals surface area contributed by atoms with Crippen molar-refractivity contribution < 1.29 is 4.79 Å². The van der Waals surface area contributed by atoms with E-state index in [0.717, 1.165) is 5.56 Å². The van der Waals surface area contributed by atoms with Gasteiger partial charge in [-0.15, -0.1) is 0 Å². The second-order valence-electron chi connectivity index (χ2n) is 4.43. The van der Waals surface area contributed by atoms with Gasteiger partial charge in [-0.1, -0.05) is 29.3 Å². The highest BCUT2D eigenvalue weighted by Crippen LogP contribution is 2.26. The topological polar surface area (TPSA) is 72.9 Å². The zero-order valence-corrected chi connectivity index (χ0v) is 12.5. The van der Waals surface area contributed by atoms with Gasteiger partial charge in [0, 0.05) is 17.1 Å². The summed E-state index contributed by atoms with van der Waals surface area (Å²) in [5.74, 6) is 0.0195. The number of benzene rings is 1. The Morgan fingerprint density at radius 2 is 2.15 bits per heavy atom. The molecule has 0 saturated heterocycles. The van der Waals surface area contributed by atoms with Gasteiger partial charge in [0.2, 0.25) is 0 Å². The quantitative estimate of drug-likeness (QED) is 0.915. The molecule has 0 aliphatic rings. The second kappa shape index (κ2) is 5.73. The summed E-state index contributed by atoms with van der Waals surface area (Å²) in [5, 5.41) is 7.81. The van der Waals surface area contributed by atoms with Gasteiger partial charge in [-0.05, 0) is 24.6 Å². The van der Waals surface area contributed by atoms with Crippen molar-refractivity contribution in [2.45, 2.75) is 13.0 Å². The highest BCUT2D eigenvalue weighted by molar-refractivity contribution is 6.35. The summed E-state index contributed by atoms with van der Waals surface area (Å²) in [5.41, 5.74) is 6.89. The number of nitrogens with two attached hydrogens (primary N) is 1. The van der Waals surface area contributed by atoms with E-state index < -0.39 is 0 Å². The molecule has 1 aromatic heterocycles. The molecule has 5 nitrogen and oxygen atoms in total. The average Bonchev–Trinajstić information content (AvgIpc) is 2.69. The fourth-order valence-electron chi connectivity index (χ4n) is 1.83. The minimum absolute atomic E-state index is 0.271. The summed E-state index contributed by atoms with van der Waals surface area (Å²) < 4.78 is 1.44. The normalized spacial score (nSPS) is 12.2. The molecule has 1 unspecified atom stereocenters. The Hall–Kier alpha value is -1.72. The molecule has 0 radical (unpaired) electrons. The smallest absolute Gasteiger partial charge is 0.257 e. The third-order valence-corrected chi connectivity index (χ3v) is 3.57. The first-order valence-electron chi connectivity index (χ1n) is 5.93. The van der Waals surface area contributed by atoms with Crippen molar-refractivity contribution in [2.75, 3.05) is 5.73 Å². The minimum Gasteiger partial charge on any atom is -0.383 e. The highest BCUT2D eigenvalue weighted by atomic mass is 35.5. The number of aryl methyl sites for hydroxylation is 1. The number of amides is 1. The lowest BCUT2D eigenvalue weighted by atomic mass is 10.1. The van der Waals surface area contributed by atoms with Crippen LogP contribution in [0.3, 0.4) is 0 Å². The molecule has 7 heteroatoms. The lowest BCUT2D eigenvalue weighted by molar-refractivity contribution is 0.0941. The molecule has 2 rings (SSSR count). The van der Waals surface area contributed by atoms with Crippen molar-refractivity contribution in [3.63, 3.8) is 0 Å². The molecule has 0 aliphatic heterocycles. The van der Waals surface area contributed by atoms with Crippen LogP contribution in [0.15, 0.2) is 24.4 Å². The molecular weight excluding hydrogens is 299 g/mol. The summed E-state index contributed by atoms with van der Waals surface area (Å²) in [7, 11) is 1.67. The lowest BCUT2D eigenvalue weighted by Crippen LogP contribution is -2.27. The fourth-order valence-corrected chi connectivity index (χ4v) is 2.40. The summed E-state index contributed by atoms with van der Waals surface area (Å²) in [4.78, 5) is 12.1. The Morgan fingerprint density at radius 3 is 2.70 bits per heavy atom. The largest absolute Gasteiger partial charge is 0.383 e. The molecule has 0 fully saturated rings. The van der Waals surface area contributed by atoms with Gasteiger partial charge < -0.3 is 11.1 Å². The van der Waals surface area contributed by atoms with Crippen LogP contribution in [0.1, 0.15) is 28.9 Å². The number of nitrogens with zero attached hydrogens (tertiary/aromatic N) is 2. The van der Waals surface area contributed by atoms with E-state index in [-0.39, 0.29) is 11.9 Å². The number of nitrogen functional groups attached to an aromatic ring is 1. The Labute approximate surface area is 126 Å². The van der Waals surface area contributed by atoms with Crippen LogP contribution in [0.2, 0.25) is 10.0 Å². The molecule has 0 saturated carbocycles. The van der Waals surface area contributed by atoms with Gasteiger partial charge in [0.15, 0.2) is 0 Å². The zero-order chi connectivity index (χ0) is 14.9. The first-order valence-corrected chi connectivity index (χ1v) is 6.69. The minimum atomic E-state index is -0.297. The molecule has 0 bridgehead atoms.